The maximum Gasteiger partial charge on any atom is 0.238 e. The molecule has 96 valence electrons. The van der Waals surface area contributed by atoms with Gasteiger partial charge in [0.15, 0.2) is 5.78 Å². The number of aryl methyl sites for hydroxylation is 1. The molecule has 1 atom stereocenters. The number of Topliss-reactive ketones (excluding diaryl/α,β-unsaturated/α-hetero) is 1. The van der Waals surface area contributed by atoms with E-state index in [0.29, 0.717) is 18.5 Å². The van der Waals surface area contributed by atoms with E-state index in [1.54, 1.807) is 19.1 Å². The minimum Gasteiger partial charge on any atom is -0.376 e. The minimum atomic E-state index is -1.03. The fourth-order valence-corrected chi connectivity index (χ4v) is 2.29. The molecule has 1 aromatic rings. The van der Waals surface area contributed by atoms with E-state index in [-0.39, 0.29) is 18.4 Å². The Kier molecular flexibility index (Phi) is 3.22. The first kappa shape index (κ1) is 12.8. The van der Waals surface area contributed by atoms with E-state index in [1.807, 2.05) is 19.1 Å². The number of likely N-dealkylation sites (tertiary alicyclic amines) is 1. The summed E-state index contributed by atoms with van der Waals surface area (Å²) in [6, 6.07) is 7.22. The average Bonchev–Trinajstić information content (AvgIpc) is 2.67. The molecule has 0 aromatic heterocycles. The van der Waals surface area contributed by atoms with Crippen LogP contribution in [0, 0.1) is 12.3 Å². The fourth-order valence-electron chi connectivity index (χ4n) is 2.29. The lowest BCUT2D eigenvalue weighted by molar-refractivity contribution is -0.136. The van der Waals surface area contributed by atoms with E-state index in [4.69, 9.17) is 5.11 Å². The molecule has 4 nitrogen and oxygen atoms in total. The number of amides is 1. The SMILES string of the molecule is Cc1ccc(C(=O)[C@]2(C)CCN(CO)C2=O)cc1. The summed E-state index contributed by atoms with van der Waals surface area (Å²) >= 11 is 0. The molecule has 1 aliphatic heterocycles. The van der Waals surface area contributed by atoms with E-state index in [1.165, 1.54) is 4.90 Å². The van der Waals surface area contributed by atoms with Crippen molar-refractivity contribution in [1.82, 2.24) is 4.90 Å². The highest BCUT2D eigenvalue weighted by Crippen LogP contribution is 2.34. The normalized spacial score (nSPS) is 23.5. The zero-order chi connectivity index (χ0) is 13.3. The highest BCUT2D eigenvalue weighted by atomic mass is 16.3. The van der Waals surface area contributed by atoms with Gasteiger partial charge in [0, 0.05) is 12.1 Å². The standard InChI is InChI=1S/C14H17NO3/c1-10-3-5-11(6-4-10)12(17)14(2)7-8-15(9-16)13(14)18/h3-6,16H,7-9H2,1-2H3/t14-/m0/s1. The smallest absolute Gasteiger partial charge is 0.238 e. The highest BCUT2D eigenvalue weighted by Gasteiger charge is 2.48. The van der Waals surface area contributed by atoms with Gasteiger partial charge in [0.2, 0.25) is 5.91 Å². The number of hydrogen-bond acceptors (Lipinski definition) is 3. The molecule has 4 heteroatoms. The third-order valence-corrected chi connectivity index (χ3v) is 3.63. The van der Waals surface area contributed by atoms with Crippen LogP contribution in [0.25, 0.3) is 0 Å². The summed E-state index contributed by atoms with van der Waals surface area (Å²) in [4.78, 5) is 25.8. The van der Waals surface area contributed by atoms with Crippen LogP contribution in [0.3, 0.4) is 0 Å². The third kappa shape index (κ3) is 1.93. The van der Waals surface area contributed by atoms with Crippen LogP contribution >= 0.6 is 0 Å². The second kappa shape index (κ2) is 4.53. The molecule has 0 aliphatic carbocycles. The van der Waals surface area contributed by atoms with Crippen molar-refractivity contribution in [3.8, 4) is 0 Å². The van der Waals surface area contributed by atoms with Crippen molar-refractivity contribution in [3.05, 3.63) is 35.4 Å². The number of ketones is 1. The Balaban J connectivity index is 2.29. The number of hydrogen-bond donors (Lipinski definition) is 1. The van der Waals surface area contributed by atoms with Crippen LogP contribution in [0.2, 0.25) is 0 Å². The van der Waals surface area contributed by atoms with Crippen LogP contribution in [-0.2, 0) is 4.79 Å². The maximum absolute atomic E-state index is 12.4. The first-order chi connectivity index (χ1) is 8.49. The lowest BCUT2D eigenvalue weighted by Crippen LogP contribution is -2.38. The Hall–Kier alpha value is -1.68. The molecule has 1 saturated heterocycles. The second-order valence-electron chi connectivity index (χ2n) is 4.99. The van der Waals surface area contributed by atoms with Gasteiger partial charge in [-0.25, -0.2) is 0 Å². The number of carbonyl (C=O) groups is 2. The Bertz CT molecular complexity index is 480. The first-order valence-electron chi connectivity index (χ1n) is 6.01. The van der Waals surface area contributed by atoms with E-state index in [2.05, 4.69) is 0 Å². The molecule has 18 heavy (non-hydrogen) atoms. The van der Waals surface area contributed by atoms with Crippen molar-refractivity contribution in [1.29, 1.82) is 0 Å². The average molecular weight is 247 g/mol. The first-order valence-corrected chi connectivity index (χ1v) is 6.01. The quantitative estimate of drug-likeness (QED) is 0.648. The van der Waals surface area contributed by atoms with Gasteiger partial charge in [-0.05, 0) is 20.3 Å². The summed E-state index contributed by atoms with van der Waals surface area (Å²) in [5, 5.41) is 9.05. The van der Waals surface area contributed by atoms with Gasteiger partial charge in [-0.1, -0.05) is 29.8 Å². The van der Waals surface area contributed by atoms with Gasteiger partial charge in [-0.3, -0.25) is 9.59 Å². The molecule has 1 heterocycles. The predicted octanol–water partition coefficient (Wildman–Crippen LogP) is 1.37. The van der Waals surface area contributed by atoms with E-state index in [9.17, 15) is 9.59 Å². The summed E-state index contributed by atoms with van der Waals surface area (Å²) in [5.74, 6) is -0.445. The summed E-state index contributed by atoms with van der Waals surface area (Å²) in [5.41, 5.74) is 0.598. The number of aliphatic hydroxyl groups is 1. The molecular weight excluding hydrogens is 230 g/mol. The van der Waals surface area contributed by atoms with Crippen LogP contribution in [0.15, 0.2) is 24.3 Å². The summed E-state index contributed by atoms with van der Waals surface area (Å²) in [6.45, 7) is 3.72. The summed E-state index contributed by atoms with van der Waals surface area (Å²) in [6.07, 6.45) is 0.457. The molecule has 2 rings (SSSR count). The predicted molar refractivity (Wildman–Crippen MR) is 67.0 cm³/mol. The molecule has 0 saturated carbocycles. The van der Waals surface area contributed by atoms with Crippen molar-refractivity contribution < 1.29 is 14.7 Å². The van der Waals surface area contributed by atoms with Gasteiger partial charge in [0.1, 0.15) is 12.1 Å². The van der Waals surface area contributed by atoms with Crippen LogP contribution in [0.4, 0.5) is 0 Å². The van der Waals surface area contributed by atoms with Crippen LogP contribution < -0.4 is 0 Å². The van der Waals surface area contributed by atoms with Crippen molar-refractivity contribution >= 4 is 11.7 Å². The third-order valence-electron chi connectivity index (χ3n) is 3.63. The fraction of sp³-hybridized carbons (Fsp3) is 0.429. The van der Waals surface area contributed by atoms with Crippen molar-refractivity contribution in [2.24, 2.45) is 5.41 Å². The van der Waals surface area contributed by atoms with Crippen LogP contribution in [-0.4, -0.2) is 35.0 Å². The van der Waals surface area contributed by atoms with Crippen molar-refractivity contribution in [2.45, 2.75) is 20.3 Å². The van der Waals surface area contributed by atoms with Gasteiger partial charge in [-0.15, -0.1) is 0 Å². The lowest BCUT2D eigenvalue weighted by Gasteiger charge is -2.21. The number of benzene rings is 1. The Morgan fingerprint density at radius 1 is 1.39 bits per heavy atom. The molecule has 1 aromatic carbocycles. The van der Waals surface area contributed by atoms with Crippen LogP contribution in [0.1, 0.15) is 29.3 Å². The molecule has 1 N–H and O–H groups in total. The minimum absolute atomic E-state index is 0.163. The number of rotatable bonds is 3. The molecule has 0 spiro atoms. The molecule has 1 fully saturated rings. The van der Waals surface area contributed by atoms with E-state index >= 15 is 0 Å². The van der Waals surface area contributed by atoms with Gasteiger partial charge >= 0.3 is 0 Å². The Morgan fingerprint density at radius 2 is 2.00 bits per heavy atom. The summed E-state index contributed by atoms with van der Waals surface area (Å²) in [7, 11) is 0. The van der Waals surface area contributed by atoms with Gasteiger partial charge in [0.25, 0.3) is 0 Å². The van der Waals surface area contributed by atoms with Crippen molar-refractivity contribution in [3.63, 3.8) is 0 Å². The van der Waals surface area contributed by atoms with E-state index in [0.717, 1.165) is 5.56 Å². The van der Waals surface area contributed by atoms with Gasteiger partial charge in [0.05, 0.1) is 0 Å². The number of nitrogens with zero attached hydrogens (tertiary/aromatic N) is 1. The molecule has 1 aliphatic rings. The zero-order valence-electron chi connectivity index (χ0n) is 10.6. The van der Waals surface area contributed by atoms with E-state index < -0.39 is 5.41 Å². The molecule has 0 unspecified atom stereocenters. The maximum atomic E-state index is 12.4. The Morgan fingerprint density at radius 3 is 2.50 bits per heavy atom. The number of carbonyl (C=O) groups excluding carboxylic acids is 2. The molecule has 0 bridgehead atoms. The summed E-state index contributed by atoms with van der Waals surface area (Å²) < 4.78 is 0. The largest absolute Gasteiger partial charge is 0.376 e. The lowest BCUT2D eigenvalue weighted by atomic mass is 9.81. The second-order valence-corrected chi connectivity index (χ2v) is 4.99. The monoisotopic (exact) mass is 247 g/mol. The van der Waals surface area contributed by atoms with Crippen molar-refractivity contribution in [2.75, 3.05) is 13.3 Å². The number of aliphatic hydroxyl groups excluding tert-OH is 1. The van der Waals surface area contributed by atoms with Gasteiger partial charge < -0.3 is 10.0 Å². The van der Waals surface area contributed by atoms with Crippen LogP contribution in [0.5, 0.6) is 0 Å². The highest BCUT2D eigenvalue weighted by molar-refractivity contribution is 6.14. The van der Waals surface area contributed by atoms with Gasteiger partial charge in [-0.2, -0.15) is 0 Å². The molecular formula is C14H17NO3. The Labute approximate surface area is 106 Å². The molecule has 0 radical (unpaired) electrons. The topological polar surface area (TPSA) is 57.6 Å². The zero-order valence-corrected chi connectivity index (χ0v) is 10.6. The molecule has 1 amide bonds.